The van der Waals surface area contributed by atoms with Gasteiger partial charge in [0.05, 0.1) is 0 Å². The molecule has 0 bridgehead atoms. The van der Waals surface area contributed by atoms with Gasteiger partial charge in [-0.25, -0.2) is 0 Å². The lowest BCUT2D eigenvalue weighted by Gasteiger charge is -2.27. The van der Waals surface area contributed by atoms with E-state index >= 15 is 0 Å². The highest BCUT2D eigenvalue weighted by atomic mass is 28.4. The molecule has 0 saturated carbocycles. The fourth-order valence-corrected chi connectivity index (χ4v) is 5.05. The van der Waals surface area contributed by atoms with E-state index in [4.69, 9.17) is 13.3 Å². The zero-order valence-electron chi connectivity index (χ0n) is 17.4. The van der Waals surface area contributed by atoms with E-state index in [1.54, 1.807) is 0 Å². The Kier molecular flexibility index (Phi) is 23.1. The summed E-state index contributed by atoms with van der Waals surface area (Å²) in [6, 6.07) is 0.919. The molecule has 0 saturated heterocycles. The largest absolute Gasteiger partial charge is 0.500 e. The van der Waals surface area contributed by atoms with Crippen LogP contribution in [-0.2, 0) is 13.3 Å². The third-order valence-electron chi connectivity index (χ3n) is 3.56. The average molecular weight is 364 g/mol. The molecule has 0 atom stereocenters. The minimum absolute atomic E-state index is 0.673. The lowest BCUT2D eigenvalue weighted by Crippen LogP contribution is -2.45. The summed E-state index contributed by atoms with van der Waals surface area (Å²) in [7, 11) is -2.30. The SMILES string of the molecule is CCCCCNCCCCC.CCC[Si](OCC)(OCC)OCC. The molecule has 0 aliphatic heterocycles. The highest BCUT2D eigenvalue weighted by molar-refractivity contribution is 6.60. The van der Waals surface area contributed by atoms with E-state index in [2.05, 4.69) is 26.1 Å². The van der Waals surface area contributed by atoms with Crippen molar-refractivity contribution in [3.05, 3.63) is 0 Å². The van der Waals surface area contributed by atoms with Crippen molar-refractivity contribution < 1.29 is 13.3 Å². The Labute approximate surface area is 153 Å². The molecule has 0 radical (unpaired) electrons. The predicted molar refractivity (Wildman–Crippen MR) is 108 cm³/mol. The van der Waals surface area contributed by atoms with E-state index in [1.807, 2.05) is 20.8 Å². The maximum Gasteiger partial charge on any atom is 0.500 e. The van der Waals surface area contributed by atoms with Gasteiger partial charge in [-0.1, -0.05) is 52.9 Å². The van der Waals surface area contributed by atoms with Gasteiger partial charge in [-0.2, -0.15) is 0 Å². The zero-order valence-corrected chi connectivity index (χ0v) is 18.4. The van der Waals surface area contributed by atoms with Gasteiger partial charge in [-0.15, -0.1) is 0 Å². The van der Waals surface area contributed by atoms with Gasteiger partial charge in [-0.05, 0) is 46.7 Å². The molecule has 24 heavy (non-hydrogen) atoms. The van der Waals surface area contributed by atoms with Crippen LogP contribution >= 0.6 is 0 Å². The normalized spacial score (nSPS) is 11.2. The lowest BCUT2D eigenvalue weighted by molar-refractivity contribution is 0.0712. The molecule has 0 aromatic heterocycles. The van der Waals surface area contributed by atoms with E-state index in [-0.39, 0.29) is 0 Å². The van der Waals surface area contributed by atoms with Gasteiger partial charge < -0.3 is 18.6 Å². The first-order valence-corrected chi connectivity index (χ1v) is 12.2. The van der Waals surface area contributed by atoms with Crippen LogP contribution in [0.25, 0.3) is 0 Å². The molecule has 0 spiro atoms. The van der Waals surface area contributed by atoms with Gasteiger partial charge in [0.25, 0.3) is 0 Å². The van der Waals surface area contributed by atoms with Gasteiger partial charge in [0.1, 0.15) is 0 Å². The van der Waals surface area contributed by atoms with Crippen LogP contribution in [0, 0.1) is 0 Å². The molecule has 0 amide bonds. The molecule has 4 nitrogen and oxygen atoms in total. The maximum absolute atomic E-state index is 5.65. The quantitative estimate of drug-likeness (QED) is 0.294. The second kappa shape index (κ2) is 21.1. The zero-order chi connectivity index (χ0) is 18.5. The average Bonchev–Trinajstić information content (AvgIpc) is 2.56. The van der Waals surface area contributed by atoms with E-state index in [1.165, 1.54) is 51.6 Å². The Morgan fingerprint density at radius 2 is 1.00 bits per heavy atom. The molecule has 0 rings (SSSR count). The summed E-state index contributed by atoms with van der Waals surface area (Å²) in [4.78, 5) is 0. The van der Waals surface area contributed by atoms with Crippen LogP contribution in [0.3, 0.4) is 0 Å². The van der Waals surface area contributed by atoms with Crippen molar-refractivity contribution in [2.45, 2.75) is 92.5 Å². The van der Waals surface area contributed by atoms with Crippen molar-refractivity contribution >= 4 is 8.80 Å². The van der Waals surface area contributed by atoms with Crippen LogP contribution in [0.4, 0.5) is 0 Å². The predicted octanol–water partition coefficient (Wildman–Crippen LogP) is 5.40. The van der Waals surface area contributed by atoms with Crippen LogP contribution < -0.4 is 5.32 Å². The monoisotopic (exact) mass is 363 g/mol. The molecule has 0 unspecified atom stereocenters. The van der Waals surface area contributed by atoms with E-state index < -0.39 is 8.80 Å². The summed E-state index contributed by atoms with van der Waals surface area (Å²) in [5.41, 5.74) is 0. The summed E-state index contributed by atoms with van der Waals surface area (Å²) in [5.74, 6) is 0. The van der Waals surface area contributed by atoms with Crippen molar-refractivity contribution in [2.24, 2.45) is 0 Å². The minimum atomic E-state index is -2.30. The Morgan fingerprint density at radius 1 is 0.583 bits per heavy atom. The van der Waals surface area contributed by atoms with Crippen molar-refractivity contribution in [1.29, 1.82) is 0 Å². The van der Waals surface area contributed by atoms with E-state index in [0.29, 0.717) is 19.8 Å². The van der Waals surface area contributed by atoms with Gasteiger partial charge in [0.2, 0.25) is 0 Å². The second-order valence-electron chi connectivity index (χ2n) is 5.90. The van der Waals surface area contributed by atoms with Crippen LogP contribution in [0.5, 0.6) is 0 Å². The molecular weight excluding hydrogens is 318 g/mol. The number of nitrogens with one attached hydrogen (secondary N) is 1. The molecule has 1 N–H and O–H groups in total. The Bertz CT molecular complexity index is 193. The van der Waals surface area contributed by atoms with Gasteiger partial charge in [0.15, 0.2) is 0 Å². The summed E-state index contributed by atoms with van der Waals surface area (Å²) in [6.07, 6.45) is 9.16. The standard InChI is InChI=1S/C10H23N.C9H22O3Si/c1-3-5-7-9-11-10-8-6-4-2;1-5-9-13(10-6-2,11-7-3)12-8-4/h11H,3-10H2,1-2H3;5-9H2,1-4H3. The van der Waals surface area contributed by atoms with Crippen molar-refractivity contribution in [3.63, 3.8) is 0 Å². The summed E-state index contributed by atoms with van der Waals surface area (Å²) < 4.78 is 16.9. The van der Waals surface area contributed by atoms with Gasteiger partial charge in [-0.3, -0.25) is 0 Å². The van der Waals surface area contributed by atoms with Crippen LogP contribution in [0.15, 0.2) is 0 Å². The van der Waals surface area contributed by atoms with E-state index in [9.17, 15) is 0 Å². The number of rotatable bonds is 16. The molecule has 0 fully saturated rings. The minimum Gasteiger partial charge on any atom is -0.374 e. The summed E-state index contributed by atoms with van der Waals surface area (Å²) in [5, 5.41) is 3.46. The lowest BCUT2D eigenvalue weighted by atomic mass is 10.2. The molecule has 0 aromatic carbocycles. The third-order valence-corrected chi connectivity index (χ3v) is 6.86. The molecule has 148 valence electrons. The first kappa shape index (κ1) is 26.3. The topological polar surface area (TPSA) is 39.7 Å². The van der Waals surface area contributed by atoms with Crippen molar-refractivity contribution in [1.82, 2.24) is 5.32 Å². The van der Waals surface area contributed by atoms with Gasteiger partial charge >= 0.3 is 8.80 Å². The fourth-order valence-electron chi connectivity index (χ4n) is 2.43. The smallest absolute Gasteiger partial charge is 0.374 e. The maximum atomic E-state index is 5.65. The third kappa shape index (κ3) is 16.9. The Hall–Kier alpha value is 0.0569. The fraction of sp³-hybridized carbons (Fsp3) is 1.00. The molecule has 0 aromatic rings. The number of hydrogen-bond donors (Lipinski definition) is 1. The number of unbranched alkanes of at least 4 members (excludes halogenated alkanes) is 4. The van der Waals surface area contributed by atoms with Crippen molar-refractivity contribution in [3.8, 4) is 0 Å². The second-order valence-corrected chi connectivity index (χ2v) is 8.63. The van der Waals surface area contributed by atoms with Crippen LogP contribution in [0.1, 0.15) is 86.5 Å². The van der Waals surface area contributed by atoms with Crippen LogP contribution in [-0.4, -0.2) is 41.7 Å². The highest BCUT2D eigenvalue weighted by Gasteiger charge is 2.38. The highest BCUT2D eigenvalue weighted by Crippen LogP contribution is 2.17. The molecule has 0 aliphatic carbocycles. The van der Waals surface area contributed by atoms with Crippen molar-refractivity contribution in [2.75, 3.05) is 32.9 Å². The molecular formula is C19H45NO3Si. The molecule has 0 aliphatic rings. The Balaban J connectivity index is 0. The van der Waals surface area contributed by atoms with Gasteiger partial charge in [0, 0.05) is 25.9 Å². The molecule has 0 heterocycles. The molecule has 5 heteroatoms. The summed E-state index contributed by atoms with van der Waals surface area (Å²) in [6.45, 7) is 17.0. The van der Waals surface area contributed by atoms with Crippen LogP contribution in [0.2, 0.25) is 6.04 Å². The first-order valence-electron chi connectivity index (χ1n) is 10.3. The summed E-state index contributed by atoms with van der Waals surface area (Å²) >= 11 is 0. The number of hydrogen-bond acceptors (Lipinski definition) is 4. The van der Waals surface area contributed by atoms with E-state index in [0.717, 1.165) is 12.5 Å². The Morgan fingerprint density at radius 3 is 1.29 bits per heavy atom. The first-order chi connectivity index (χ1) is 11.7.